The minimum Gasteiger partial charge on any atom is -0.508 e. The highest BCUT2D eigenvalue weighted by Crippen LogP contribution is 2.31. The van der Waals surface area contributed by atoms with Gasteiger partial charge in [0.15, 0.2) is 0 Å². The van der Waals surface area contributed by atoms with Crippen LogP contribution in [-0.4, -0.2) is 64.7 Å². The fourth-order valence-corrected chi connectivity index (χ4v) is 4.54. The van der Waals surface area contributed by atoms with Gasteiger partial charge >= 0.3 is 12.1 Å². The van der Waals surface area contributed by atoms with Crippen molar-refractivity contribution in [3.05, 3.63) is 29.3 Å². The number of benzene rings is 1. The van der Waals surface area contributed by atoms with Gasteiger partial charge in [0.2, 0.25) is 11.8 Å². The molecule has 3 unspecified atom stereocenters. The molecule has 0 aliphatic heterocycles. The van der Waals surface area contributed by atoms with E-state index in [1.807, 2.05) is 20.8 Å². The summed E-state index contributed by atoms with van der Waals surface area (Å²) < 4.78 is 10.4. The first-order valence-electron chi connectivity index (χ1n) is 15.0. The first kappa shape index (κ1) is 36.7. The Morgan fingerprint density at radius 1 is 1.00 bits per heavy atom. The topological polar surface area (TPSA) is 134 Å². The highest BCUT2D eigenvalue weighted by atomic mass is 16.6. The van der Waals surface area contributed by atoms with Gasteiger partial charge in [0.1, 0.15) is 23.4 Å². The molecule has 3 amide bonds. The summed E-state index contributed by atoms with van der Waals surface area (Å²) in [6.45, 7) is 18.9. The number of esters is 1. The summed E-state index contributed by atoms with van der Waals surface area (Å²) in [5.74, 6) is -0.850. The highest BCUT2D eigenvalue weighted by molar-refractivity contribution is 5.92. The zero-order valence-corrected chi connectivity index (χ0v) is 27.2. The van der Waals surface area contributed by atoms with Crippen molar-refractivity contribution in [3.63, 3.8) is 0 Å². The van der Waals surface area contributed by atoms with E-state index in [0.717, 1.165) is 6.42 Å². The van der Waals surface area contributed by atoms with Crippen LogP contribution in [0.2, 0.25) is 0 Å². The molecule has 0 bridgehead atoms. The Balaban J connectivity index is 3.63. The third-order valence-corrected chi connectivity index (χ3v) is 6.58. The lowest BCUT2D eigenvalue weighted by molar-refractivity contribution is -0.146. The Morgan fingerprint density at radius 3 is 2.17 bits per heavy atom. The SMILES string of the molecule is CCOC(=O)CCNC(=O)C(c1ccc(O)c(C)c1)N(C(=O)C(CC(C)C)NC(=O)OC(C)(C)C)C(C)CCC(C)C. The number of phenols is 1. The number of rotatable bonds is 15. The lowest BCUT2D eigenvalue weighted by Gasteiger charge is -2.39. The van der Waals surface area contributed by atoms with Crippen LogP contribution >= 0.6 is 0 Å². The molecule has 0 saturated carbocycles. The lowest BCUT2D eigenvalue weighted by atomic mass is 9.94. The molecule has 0 spiro atoms. The second-order valence-electron chi connectivity index (χ2n) is 12.7. The van der Waals surface area contributed by atoms with Crippen molar-refractivity contribution < 1.29 is 33.8 Å². The van der Waals surface area contributed by atoms with E-state index in [0.29, 0.717) is 29.9 Å². The Labute approximate surface area is 251 Å². The molecule has 10 nitrogen and oxygen atoms in total. The summed E-state index contributed by atoms with van der Waals surface area (Å²) in [7, 11) is 0. The quantitative estimate of drug-likeness (QED) is 0.232. The van der Waals surface area contributed by atoms with Gasteiger partial charge in [0.05, 0.1) is 13.0 Å². The normalized spacial score (nSPS) is 13.7. The minimum absolute atomic E-state index is 0.0199. The smallest absolute Gasteiger partial charge is 0.408 e. The van der Waals surface area contributed by atoms with Crippen molar-refractivity contribution in [2.75, 3.05) is 13.2 Å². The molecule has 3 atom stereocenters. The standard InChI is InChI=1S/C32H53N3O7/c1-11-41-27(37)16-17-33-29(38)28(24-14-15-26(36)22(6)19-24)35(23(7)13-12-20(2)3)30(39)25(18-21(4)5)34-31(40)42-32(8,9)10/h14-15,19-21,23,25,28,36H,11-13,16-18H2,1-10H3,(H,33,38)(H,34,40). The number of nitrogens with one attached hydrogen (secondary N) is 2. The molecule has 0 heterocycles. The van der Waals surface area contributed by atoms with Crippen molar-refractivity contribution in [2.45, 2.75) is 119 Å². The molecule has 0 aliphatic rings. The Bertz CT molecular complexity index is 1050. The molecule has 1 aromatic carbocycles. The van der Waals surface area contributed by atoms with E-state index < -0.39 is 41.6 Å². The maximum Gasteiger partial charge on any atom is 0.408 e. The first-order valence-corrected chi connectivity index (χ1v) is 15.0. The molecular formula is C32H53N3O7. The molecular weight excluding hydrogens is 538 g/mol. The van der Waals surface area contributed by atoms with Gasteiger partial charge in [-0.05, 0) is 95.9 Å². The largest absolute Gasteiger partial charge is 0.508 e. The fourth-order valence-electron chi connectivity index (χ4n) is 4.54. The number of hydrogen-bond donors (Lipinski definition) is 3. The predicted octanol–water partition coefficient (Wildman–Crippen LogP) is 5.40. The number of carbonyl (C=O) groups excluding carboxylic acids is 4. The third kappa shape index (κ3) is 12.7. The van der Waals surface area contributed by atoms with Gasteiger partial charge in [-0.25, -0.2) is 4.79 Å². The van der Waals surface area contributed by atoms with Gasteiger partial charge in [-0.1, -0.05) is 33.8 Å². The summed E-state index contributed by atoms with van der Waals surface area (Å²) in [5, 5.41) is 15.8. The third-order valence-electron chi connectivity index (χ3n) is 6.58. The number of phenolic OH excluding ortho intramolecular Hbond substituents is 1. The summed E-state index contributed by atoms with van der Waals surface area (Å²) >= 11 is 0. The van der Waals surface area contributed by atoms with Crippen LogP contribution in [0.25, 0.3) is 0 Å². The van der Waals surface area contributed by atoms with Crippen LogP contribution in [0.5, 0.6) is 5.75 Å². The molecule has 0 saturated heterocycles. The molecule has 0 fully saturated rings. The summed E-state index contributed by atoms with van der Waals surface area (Å²) in [6.07, 6.45) is 1.02. The number of ether oxygens (including phenoxy) is 2. The van der Waals surface area contributed by atoms with E-state index in [2.05, 4.69) is 24.5 Å². The molecule has 0 aliphatic carbocycles. The number of hydrogen-bond acceptors (Lipinski definition) is 7. The fraction of sp³-hybridized carbons (Fsp3) is 0.688. The van der Waals surface area contributed by atoms with Crippen molar-refractivity contribution in [2.24, 2.45) is 11.8 Å². The summed E-state index contributed by atoms with van der Waals surface area (Å²) in [4.78, 5) is 54.6. The van der Waals surface area contributed by atoms with Crippen molar-refractivity contribution in [1.29, 1.82) is 0 Å². The number of aryl methyl sites for hydroxylation is 1. The van der Waals surface area contributed by atoms with Crippen LogP contribution < -0.4 is 10.6 Å². The van der Waals surface area contributed by atoms with E-state index >= 15 is 0 Å². The van der Waals surface area contributed by atoms with Gasteiger partial charge in [0.25, 0.3) is 0 Å². The van der Waals surface area contributed by atoms with Crippen molar-refractivity contribution >= 4 is 23.9 Å². The maximum absolute atomic E-state index is 14.5. The first-order chi connectivity index (χ1) is 19.5. The van der Waals surface area contributed by atoms with Gasteiger partial charge in [0, 0.05) is 12.6 Å². The summed E-state index contributed by atoms with van der Waals surface area (Å²) in [6, 6.07) is 2.37. The Kier molecular flexibility index (Phi) is 14.8. The number of amides is 3. The molecule has 3 N–H and O–H groups in total. The van der Waals surface area contributed by atoms with Gasteiger partial charge < -0.3 is 30.1 Å². The zero-order chi connectivity index (χ0) is 32.2. The van der Waals surface area contributed by atoms with E-state index in [-0.39, 0.29) is 37.3 Å². The number of nitrogens with zero attached hydrogens (tertiary/aromatic N) is 1. The van der Waals surface area contributed by atoms with Crippen molar-refractivity contribution in [3.8, 4) is 5.75 Å². The lowest BCUT2D eigenvalue weighted by Crippen LogP contribution is -2.56. The number of aromatic hydroxyl groups is 1. The molecule has 238 valence electrons. The second kappa shape index (κ2) is 17.0. The number of carbonyl (C=O) groups is 4. The van der Waals surface area contributed by atoms with E-state index in [9.17, 15) is 24.3 Å². The maximum atomic E-state index is 14.5. The van der Waals surface area contributed by atoms with Gasteiger partial charge in [-0.3, -0.25) is 14.4 Å². The van der Waals surface area contributed by atoms with E-state index in [4.69, 9.17) is 9.47 Å². The van der Waals surface area contributed by atoms with Crippen molar-refractivity contribution in [1.82, 2.24) is 15.5 Å². The average Bonchev–Trinajstić information content (AvgIpc) is 2.85. The van der Waals surface area contributed by atoms with Crippen LogP contribution in [0.15, 0.2) is 18.2 Å². The van der Waals surface area contributed by atoms with Gasteiger partial charge in [-0.15, -0.1) is 0 Å². The zero-order valence-electron chi connectivity index (χ0n) is 27.2. The van der Waals surface area contributed by atoms with Crippen LogP contribution in [0.4, 0.5) is 4.79 Å². The second-order valence-corrected chi connectivity index (χ2v) is 12.7. The average molecular weight is 592 g/mol. The number of alkyl carbamates (subject to hydrolysis) is 1. The molecule has 0 radical (unpaired) electrons. The van der Waals surface area contributed by atoms with Gasteiger partial charge in [-0.2, -0.15) is 0 Å². The molecule has 0 aromatic heterocycles. The van der Waals surface area contributed by atoms with E-state index in [1.54, 1.807) is 46.8 Å². The molecule has 1 rings (SSSR count). The summed E-state index contributed by atoms with van der Waals surface area (Å²) in [5.41, 5.74) is 0.291. The highest BCUT2D eigenvalue weighted by Gasteiger charge is 2.39. The molecule has 10 heteroatoms. The molecule has 1 aromatic rings. The Morgan fingerprint density at radius 2 is 1.64 bits per heavy atom. The monoisotopic (exact) mass is 591 g/mol. The van der Waals surface area contributed by atoms with E-state index in [1.165, 1.54) is 11.0 Å². The predicted molar refractivity (Wildman–Crippen MR) is 163 cm³/mol. The van der Waals surface area contributed by atoms with Crippen LogP contribution in [0.1, 0.15) is 105 Å². The van der Waals surface area contributed by atoms with Crippen LogP contribution in [-0.2, 0) is 23.9 Å². The minimum atomic E-state index is -1.09. The molecule has 42 heavy (non-hydrogen) atoms. The Hall–Kier alpha value is -3.30. The van der Waals surface area contributed by atoms with Crippen LogP contribution in [0, 0.1) is 18.8 Å². The van der Waals surface area contributed by atoms with Crippen LogP contribution in [0.3, 0.4) is 0 Å².